The molecule has 0 fully saturated rings. The van der Waals surface area contributed by atoms with Crippen molar-refractivity contribution < 1.29 is 15.1 Å². The second kappa shape index (κ2) is 22.3. The summed E-state index contributed by atoms with van der Waals surface area (Å²) in [5, 5.41) is 0. The zero-order chi connectivity index (χ0) is 20.4. The molecule has 0 saturated carbocycles. The predicted octanol–water partition coefficient (Wildman–Crippen LogP) is 6.64. The first kappa shape index (κ1) is 31.7. The van der Waals surface area contributed by atoms with E-state index in [4.69, 9.17) is 30.8 Å². The Morgan fingerprint density at radius 2 is 0.840 bits per heavy atom. The summed E-state index contributed by atoms with van der Waals surface area (Å²) in [5.41, 5.74) is 14.5. The Kier molecular flexibility index (Phi) is 28.2. The van der Waals surface area contributed by atoms with Crippen molar-refractivity contribution in [3.8, 4) is 0 Å². The number of nitrogens with two attached hydrogens (primary N) is 2. The summed E-state index contributed by atoms with van der Waals surface area (Å²) < 4.78 is 0. The molecule has 25 heavy (non-hydrogen) atoms. The van der Waals surface area contributed by atoms with E-state index < -0.39 is 0 Å². The van der Waals surface area contributed by atoms with Gasteiger partial charge in [-0.15, -0.1) is 15.8 Å². The van der Waals surface area contributed by atoms with Crippen LogP contribution in [0.5, 0.6) is 0 Å². The third-order valence-corrected chi connectivity index (χ3v) is 10.9. The molecule has 0 aromatic carbocycles. The first-order chi connectivity index (χ1) is 11.6. The van der Waals surface area contributed by atoms with Crippen LogP contribution in [-0.2, 0) is 15.1 Å². The fourth-order valence-electron chi connectivity index (χ4n) is 2.77. The van der Waals surface area contributed by atoms with Gasteiger partial charge in [-0.2, -0.15) is 0 Å². The maximum atomic E-state index is 5.49. The third kappa shape index (κ3) is 22.1. The molecule has 2 nitrogen and oxygen atoms in total. The van der Waals surface area contributed by atoms with E-state index >= 15 is 0 Å². The van der Waals surface area contributed by atoms with E-state index in [1.54, 1.807) is 0 Å². The van der Waals surface area contributed by atoms with Gasteiger partial charge >= 0.3 is 34.5 Å². The summed E-state index contributed by atoms with van der Waals surface area (Å²) in [7, 11) is 10.2. The van der Waals surface area contributed by atoms with Crippen LogP contribution in [0.4, 0.5) is 0 Å². The standard InChI is InChI=1S/2C9H22NP.2ClH.Ru/c2*1-8(2)11(9(3)4)7-5-6-10;;;/h2*8-9H,5-7,10H2,1-4H3;2*1H;/q;;;;+2/p-2. The Bertz CT molecular complexity index is 219. The van der Waals surface area contributed by atoms with E-state index in [9.17, 15) is 0 Å². The topological polar surface area (TPSA) is 52.0 Å². The van der Waals surface area contributed by atoms with Crippen molar-refractivity contribution in [2.24, 2.45) is 11.5 Å². The molecule has 0 aliphatic heterocycles. The summed E-state index contributed by atoms with van der Waals surface area (Å²) in [4.78, 5) is 0. The molecule has 0 saturated heterocycles. The molecule has 0 heterocycles. The van der Waals surface area contributed by atoms with Crippen molar-refractivity contribution in [2.75, 3.05) is 25.4 Å². The molecule has 0 rings (SSSR count). The normalized spacial score (nSPS) is 11.4. The summed E-state index contributed by atoms with van der Waals surface area (Å²) >= 11 is -0.346. The molecule has 7 heteroatoms. The van der Waals surface area contributed by atoms with Gasteiger partial charge in [0.25, 0.3) is 0 Å². The Hall–Kier alpha value is 1.98. The van der Waals surface area contributed by atoms with Crippen LogP contribution >= 0.6 is 35.2 Å². The zero-order valence-corrected chi connectivity index (χ0v) is 22.7. The van der Waals surface area contributed by atoms with Crippen molar-refractivity contribution in [1.29, 1.82) is 0 Å². The first-order valence-corrected chi connectivity index (χ1v) is 17.2. The van der Waals surface area contributed by atoms with E-state index in [2.05, 4.69) is 55.4 Å². The molecular formula is C18H44Cl2N2P2Ru. The molecule has 0 aliphatic carbocycles. The first-order valence-electron chi connectivity index (χ1n) is 9.37. The van der Waals surface area contributed by atoms with Crippen LogP contribution in [0.2, 0.25) is 0 Å². The quantitative estimate of drug-likeness (QED) is 0.250. The molecule has 0 aromatic heterocycles. The van der Waals surface area contributed by atoms with Gasteiger partial charge in [0.2, 0.25) is 0 Å². The Morgan fingerprint density at radius 3 is 0.960 bits per heavy atom. The zero-order valence-electron chi connectivity index (χ0n) is 17.7. The molecule has 4 N–H and O–H groups in total. The van der Waals surface area contributed by atoms with E-state index in [-0.39, 0.29) is 31.0 Å². The van der Waals surface area contributed by atoms with E-state index in [0.717, 1.165) is 35.7 Å². The molecular weight excluding hydrogens is 478 g/mol. The number of hydrogen-bond acceptors (Lipinski definition) is 2. The average Bonchev–Trinajstić information content (AvgIpc) is 2.48. The van der Waals surface area contributed by atoms with Gasteiger partial charge in [0, 0.05) is 0 Å². The van der Waals surface area contributed by atoms with E-state index in [1.165, 1.54) is 25.2 Å². The molecule has 0 amide bonds. The van der Waals surface area contributed by atoms with Crippen LogP contribution in [0.3, 0.4) is 0 Å². The van der Waals surface area contributed by atoms with Crippen molar-refractivity contribution >= 4 is 35.2 Å². The van der Waals surface area contributed by atoms with Crippen molar-refractivity contribution in [3.63, 3.8) is 0 Å². The Balaban J connectivity index is -0.000000334. The van der Waals surface area contributed by atoms with Gasteiger partial charge in [-0.25, -0.2) is 0 Å². The van der Waals surface area contributed by atoms with Crippen LogP contribution < -0.4 is 11.5 Å². The molecule has 158 valence electrons. The van der Waals surface area contributed by atoms with Crippen molar-refractivity contribution in [2.45, 2.75) is 90.9 Å². The second-order valence-corrected chi connectivity index (χ2v) is 16.9. The Labute approximate surface area is 177 Å². The van der Waals surface area contributed by atoms with Crippen molar-refractivity contribution in [3.05, 3.63) is 0 Å². The van der Waals surface area contributed by atoms with E-state index in [1.807, 2.05) is 0 Å². The molecule has 0 unspecified atom stereocenters. The number of halogens is 2. The molecule has 0 aromatic rings. The van der Waals surface area contributed by atoms with Crippen LogP contribution in [0, 0.1) is 0 Å². The minimum atomic E-state index is -0.346. The van der Waals surface area contributed by atoms with Gasteiger partial charge in [-0.1, -0.05) is 55.4 Å². The second-order valence-electron chi connectivity index (χ2n) is 7.19. The van der Waals surface area contributed by atoms with E-state index in [0.29, 0.717) is 0 Å². The van der Waals surface area contributed by atoms with Crippen LogP contribution in [-0.4, -0.2) is 48.0 Å². The fraction of sp³-hybridized carbons (Fsp3) is 1.00. The van der Waals surface area contributed by atoms with Gasteiger partial charge < -0.3 is 11.5 Å². The monoisotopic (exact) mass is 522 g/mol. The van der Waals surface area contributed by atoms with Crippen LogP contribution in [0.15, 0.2) is 0 Å². The number of hydrogen-bond donors (Lipinski definition) is 2. The summed E-state index contributed by atoms with van der Waals surface area (Å²) in [6.07, 6.45) is 5.15. The predicted molar refractivity (Wildman–Crippen MR) is 123 cm³/mol. The van der Waals surface area contributed by atoms with Gasteiger partial charge in [0.15, 0.2) is 0 Å². The number of rotatable bonds is 10. The molecule has 0 radical (unpaired) electrons. The van der Waals surface area contributed by atoms with Gasteiger partial charge in [0.1, 0.15) is 0 Å². The van der Waals surface area contributed by atoms with Gasteiger partial charge in [0.05, 0.1) is 0 Å². The minimum absolute atomic E-state index is 0.235. The Morgan fingerprint density at radius 1 is 0.640 bits per heavy atom. The average molecular weight is 522 g/mol. The van der Waals surface area contributed by atoms with Crippen LogP contribution in [0.1, 0.15) is 68.2 Å². The van der Waals surface area contributed by atoms with Gasteiger partial charge in [-0.3, -0.25) is 0 Å². The molecule has 0 spiro atoms. The summed E-state index contributed by atoms with van der Waals surface area (Å²) in [6, 6.07) is 0. The third-order valence-electron chi connectivity index (χ3n) is 3.89. The SMILES string of the molecule is CC(C)P(CCCN)C(C)C.CC(C)P(CCCN)C(C)C.[Cl][Ru][Cl]. The molecule has 0 atom stereocenters. The fourth-order valence-corrected chi connectivity index (χ4v) is 8.32. The van der Waals surface area contributed by atoms with Crippen LogP contribution in [0.25, 0.3) is 0 Å². The molecule has 0 bridgehead atoms. The summed E-state index contributed by atoms with van der Waals surface area (Å²) in [5.74, 6) is 0. The maximum absolute atomic E-state index is 5.49. The van der Waals surface area contributed by atoms with Gasteiger partial charge in [-0.05, 0) is 60.9 Å². The summed E-state index contributed by atoms with van der Waals surface area (Å²) in [6.45, 7) is 20.4. The molecule has 0 aliphatic rings. The van der Waals surface area contributed by atoms with Crippen molar-refractivity contribution in [1.82, 2.24) is 0 Å².